The summed E-state index contributed by atoms with van der Waals surface area (Å²) in [6.45, 7) is 9.82. The van der Waals surface area contributed by atoms with Gasteiger partial charge in [-0.25, -0.2) is 0 Å². The maximum atomic E-state index is 10.6. The van der Waals surface area contributed by atoms with E-state index in [0.717, 1.165) is 0 Å². The summed E-state index contributed by atoms with van der Waals surface area (Å²) in [6.07, 6.45) is 0. The number of hydrogen-bond acceptors (Lipinski definition) is 2. The Balaban J connectivity index is -0.00000000966. The average molecular weight is 1200 g/mol. The van der Waals surface area contributed by atoms with E-state index >= 15 is 0 Å². The molecule has 0 fully saturated rings. The molecule has 0 aliphatic rings. The number of rotatable bonds is 3. The smallest absolute Gasteiger partial charge is 0.104 e. The van der Waals surface area contributed by atoms with Gasteiger partial charge in [-0.1, -0.05) is 19.8 Å². The topological polar surface area (TPSA) is 20.3 Å². The SMILES string of the molecule is CC.[CH2-][C@@H](CN([CH2-])C)C(C)=O.[CH3-].[CH3-].[W].[W].[W].[W].[W].[Y]. The summed E-state index contributed by atoms with van der Waals surface area (Å²) in [4.78, 5) is 12.3. The third-order valence-electron chi connectivity index (χ3n) is 1.11. The predicted molar refractivity (Wildman–Crippen MR) is 61.7 cm³/mol. The molecule has 0 bridgehead atoms. The van der Waals surface area contributed by atoms with Gasteiger partial charge in [0.15, 0.2) is 0 Å². The molecule has 1 radical (unpaired) electrons. The molecule has 0 amide bonds. The van der Waals surface area contributed by atoms with Crippen LogP contribution in [0.15, 0.2) is 0 Å². The summed E-state index contributed by atoms with van der Waals surface area (Å²) in [5, 5.41) is 0. The van der Waals surface area contributed by atoms with Gasteiger partial charge in [-0.15, -0.1) is 0 Å². The normalized spacial score (nSPS) is 6.89. The molecule has 0 aliphatic heterocycles. The van der Waals surface area contributed by atoms with Crippen molar-refractivity contribution in [3.05, 3.63) is 28.8 Å². The molecule has 0 spiro atoms. The first-order valence-electron chi connectivity index (χ1n) is 3.89. The average Bonchev–Trinajstić information content (AvgIpc) is 1.90. The third-order valence-corrected chi connectivity index (χ3v) is 1.11. The molecule has 8 heteroatoms. The summed E-state index contributed by atoms with van der Waals surface area (Å²) >= 11 is 0. The second-order valence-corrected chi connectivity index (χ2v) is 2.35. The Labute approximate surface area is 219 Å². The van der Waals surface area contributed by atoms with Gasteiger partial charge in [-0.3, -0.25) is 7.05 Å². The minimum atomic E-state index is -0.132. The van der Waals surface area contributed by atoms with Gasteiger partial charge in [0.25, 0.3) is 0 Å². The molecule has 117 valence electrons. The summed E-state index contributed by atoms with van der Waals surface area (Å²) in [5.41, 5.74) is 0. The second-order valence-electron chi connectivity index (χ2n) is 2.35. The monoisotopic (exact) mass is 1200 g/mol. The van der Waals surface area contributed by atoms with Crippen molar-refractivity contribution in [2.45, 2.75) is 20.8 Å². The molecule has 1 atom stereocenters. The standard InChI is InChI=1S/C7H13NO.C2H6.2CH3.5W.Y/c1-6(7(2)9)5-8(3)4;1-2;;;;;;;;/h6H,1,3,5H2,2,4H3;1-2H3;2*1H3;;;;;;/q-2;;2*-1;;;;;;/t6-;;;;;;;;;/m0........./s1. The molecule has 0 saturated heterocycles. The van der Waals surface area contributed by atoms with Crippen LogP contribution in [0, 0.1) is 34.7 Å². The van der Waals surface area contributed by atoms with Crippen LogP contribution in [-0.4, -0.2) is 24.3 Å². The van der Waals surface area contributed by atoms with Crippen molar-refractivity contribution in [2.75, 3.05) is 13.6 Å². The van der Waals surface area contributed by atoms with Crippen molar-refractivity contribution < 1.29 is 143 Å². The largest absolute Gasteiger partial charge is 0.463 e. The summed E-state index contributed by atoms with van der Waals surface area (Å²) < 4.78 is 0. The molecule has 2 nitrogen and oxygen atoms in total. The number of carbonyl (C=O) groups excluding carboxylic acids is 1. The van der Waals surface area contributed by atoms with Gasteiger partial charge in [0.05, 0.1) is 0 Å². The molecule has 0 heterocycles. The van der Waals surface area contributed by atoms with Crippen LogP contribution in [0.25, 0.3) is 0 Å². The van der Waals surface area contributed by atoms with E-state index < -0.39 is 0 Å². The maximum Gasteiger partial charge on any atom is 0.104 e. The number of Topliss-reactive ketones (excluding diaryl/α,β-unsaturated/α-hetero) is 1. The van der Waals surface area contributed by atoms with Crippen LogP contribution in [0.2, 0.25) is 0 Å². The van der Waals surface area contributed by atoms with Gasteiger partial charge in [0, 0.05) is 138 Å². The van der Waals surface area contributed by atoms with E-state index in [1.54, 1.807) is 11.8 Å². The molecule has 0 aromatic rings. The minimum absolute atomic E-state index is 0. The molecule has 0 aliphatic carbocycles. The van der Waals surface area contributed by atoms with Crippen LogP contribution in [0.3, 0.4) is 0 Å². The molecule has 0 saturated carbocycles. The molecule has 0 aromatic carbocycles. The van der Waals surface area contributed by atoms with Gasteiger partial charge >= 0.3 is 0 Å². The van der Waals surface area contributed by atoms with Crippen LogP contribution in [0.5, 0.6) is 0 Å². The van der Waals surface area contributed by atoms with Crippen LogP contribution in [0.1, 0.15) is 20.8 Å². The Morgan fingerprint density at radius 2 is 1.26 bits per heavy atom. The zero-order valence-corrected chi connectivity index (χ0v) is 30.2. The van der Waals surface area contributed by atoms with Crippen molar-refractivity contribution in [2.24, 2.45) is 5.92 Å². The van der Waals surface area contributed by atoms with Gasteiger partial charge in [-0.2, -0.15) is 0 Å². The fourth-order valence-corrected chi connectivity index (χ4v) is 0.505. The summed E-state index contributed by atoms with van der Waals surface area (Å²) in [7, 11) is 5.42. The first-order chi connectivity index (χ1) is 5.04. The molecule has 0 aromatic heterocycles. The Morgan fingerprint density at radius 3 is 1.32 bits per heavy atom. The molecular weight excluding hydrogens is 1170 g/mol. The van der Waals surface area contributed by atoms with Crippen LogP contribution >= 0.6 is 0 Å². The van der Waals surface area contributed by atoms with Crippen molar-refractivity contribution in [1.82, 2.24) is 4.90 Å². The fraction of sp³-hybridized carbons (Fsp3) is 0.545. The zero-order valence-electron chi connectivity index (χ0n) is 12.7. The van der Waals surface area contributed by atoms with Crippen LogP contribution in [-0.2, 0) is 143 Å². The Morgan fingerprint density at radius 1 is 1.05 bits per heavy atom. The third kappa shape index (κ3) is 60.9. The Bertz CT molecular complexity index is 121. The van der Waals surface area contributed by atoms with Crippen LogP contribution < -0.4 is 0 Å². The van der Waals surface area contributed by atoms with Gasteiger partial charge in [0.2, 0.25) is 0 Å². The van der Waals surface area contributed by atoms with Gasteiger partial charge in [0.1, 0.15) is 5.78 Å². The zero-order chi connectivity index (χ0) is 9.44. The van der Waals surface area contributed by atoms with E-state index in [2.05, 4.69) is 14.0 Å². The van der Waals surface area contributed by atoms with Crippen LogP contribution in [0.4, 0.5) is 0 Å². The van der Waals surface area contributed by atoms with Crippen molar-refractivity contribution >= 4 is 5.78 Å². The van der Waals surface area contributed by atoms with Crippen molar-refractivity contribution in [1.29, 1.82) is 0 Å². The summed E-state index contributed by atoms with van der Waals surface area (Å²) in [5.74, 6) is -0.0157. The molecule has 0 unspecified atom stereocenters. The summed E-state index contributed by atoms with van der Waals surface area (Å²) in [6, 6.07) is 0. The number of ketones is 1. The van der Waals surface area contributed by atoms with E-state index in [1.165, 1.54) is 0 Å². The van der Waals surface area contributed by atoms with E-state index in [1.807, 2.05) is 20.9 Å². The minimum Gasteiger partial charge on any atom is -0.463 e. The van der Waals surface area contributed by atoms with E-state index in [9.17, 15) is 4.79 Å². The first kappa shape index (κ1) is 65.7. The Kier molecular flexibility index (Phi) is 171. The predicted octanol–water partition coefficient (Wildman–Crippen LogP) is 2.66. The molecule has 0 N–H and O–H groups in total. The molecule has 0 rings (SSSR count). The maximum absolute atomic E-state index is 10.6. The van der Waals surface area contributed by atoms with Gasteiger partial charge < -0.3 is 31.5 Å². The second kappa shape index (κ2) is 49.5. The fourth-order valence-electron chi connectivity index (χ4n) is 0.505. The van der Waals surface area contributed by atoms with E-state index in [-0.39, 0.29) is 165 Å². The van der Waals surface area contributed by atoms with Gasteiger partial charge in [-0.05, 0) is 20.5 Å². The van der Waals surface area contributed by atoms with Crippen molar-refractivity contribution in [3.8, 4) is 0 Å². The quantitative estimate of drug-likeness (QED) is 0.406. The molecular formula is C11H25NOW5Y-4. The first-order valence-corrected chi connectivity index (χ1v) is 3.89. The number of hydrogen-bond donors (Lipinski definition) is 0. The van der Waals surface area contributed by atoms with E-state index in [4.69, 9.17) is 0 Å². The van der Waals surface area contributed by atoms with E-state index in [0.29, 0.717) is 6.54 Å². The number of nitrogens with zero attached hydrogens (tertiary/aromatic N) is 1. The Hall–Kier alpha value is 4.18. The molecule has 19 heavy (non-hydrogen) atoms. The number of carbonyl (C=O) groups is 1. The van der Waals surface area contributed by atoms with Crippen molar-refractivity contribution in [3.63, 3.8) is 0 Å².